The van der Waals surface area contributed by atoms with Crippen molar-refractivity contribution in [2.24, 2.45) is 0 Å². The molecule has 0 bridgehead atoms. The van der Waals surface area contributed by atoms with E-state index in [2.05, 4.69) is 46.8 Å². The van der Waals surface area contributed by atoms with Gasteiger partial charge in [-0.3, -0.25) is 0 Å². The first-order chi connectivity index (χ1) is 5.77. The van der Waals surface area contributed by atoms with Crippen LogP contribution in [0.15, 0.2) is 22.7 Å². The van der Waals surface area contributed by atoms with Gasteiger partial charge < -0.3 is 0 Å². The third kappa shape index (κ3) is 1.55. The zero-order valence-corrected chi connectivity index (χ0v) is 9.24. The van der Waals surface area contributed by atoms with Crippen LogP contribution in [0.1, 0.15) is 29.2 Å². The average Bonchev–Trinajstić information content (AvgIpc) is 2.07. The van der Waals surface area contributed by atoms with Crippen LogP contribution < -0.4 is 0 Å². The molecule has 1 aliphatic carbocycles. The Morgan fingerprint density at radius 3 is 3.08 bits per heavy atom. The van der Waals surface area contributed by atoms with Crippen LogP contribution in [0.3, 0.4) is 0 Å². The minimum absolute atomic E-state index is 0.450. The first-order valence-corrected chi connectivity index (χ1v) is 5.55. The van der Waals surface area contributed by atoms with E-state index in [0.29, 0.717) is 5.25 Å². The third-order valence-electron chi connectivity index (χ3n) is 2.39. The molecule has 1 aromatic carbocycles. The van der Waals surface area contributed by atoms with Gasteiger partial charge in [-0.05, 0) is 42.5 Å². The molecular formula is C10H11BrS. The quantitative estimate of drug-likeness (QED) is 0.659. The fraction of sp³-hybridized carbons (Fsp3) is 0.400. The van der Waals surface area contributed by atoms with Gasteiger partial charge in [-0.25, -0.2) is 0 Å². The van der Waals surface area contributed by atoms with Crippen LogP contribution in [0.2, 0.25) is 0 Å². The maximum atomic E-state index is 4.57. The Labute approximate surface area is 86.9 Å². The zero-order chi connectivity index (χ0) is 8.55. The number of benzene rings is 1. The number of aryl methyl sites for hydroxylation is 1. The molecule has 2 heteroatoms. The van der Waals surface area contributed by atoms with Gasteiger partial charge in [-0.2, -0.15) is 12.6 Å². The molecule has 1 aliphatic rings. The second kappa shape index (κ2) is 3.43. The van der Waals surface area contributed by atoms with E-state index in [1.807, 2.05) is 0 Å². The van der Waals surface area contributed by atoms with E-state index in [0.717, 1.165) is 0 Å². The normalized spacial score (nSPS) is 22.0. The van der Waals surface area contributed by atoms with Crippen molar-refractivity contribution in [3.05, 3.63) is 33.8 Å². The van der Waals surface area contributed by atoms with Gasteiger partial charge in [-0.1, -0.05) is 22.0 Å². The molecular weight excluding hydrogens is 232 g/mol. The third-order valence-corrected chi connectivity index (χ3v) is 3.42. The molecule has 0 N–H and O–H groups in total. The number of thiol groups is 1. The lowest BCUT2D eigenvalue weighted by Crippen LogP contribution is -2.04. The Bertz CT molecular complexity index is 296. The molecule has 0 nitrogen and oxygen atoms in total. The minimum Gasteiger partial charge on any atom is -0.171 e. The molecule has 0 spiro atoms. The van der Waals surface area contributed by atoms with Crippen molar-refractivity contribution in [3.8, 4) is 0 Å². The highest BCUT2D eigenvalue weighted by molar-refractivity contribution is 9.10. The van der Waals surface area contributed by atoms with Gasteiger partial charge >= 0.3 is 0 Å². The highest BCUT2D eigenvalue weighted by Gasteiger charge is 2.16. The van der Waals surface area contributed by atoms with E-state index in [1.165, 1.54) is 34.9 Å². The van der Waals surface area contributed by atoms with Crippen LogP contribution in [0.5, 0.6) is 0 Å². The van der Waals surface area contributed by atoms with E-state index in [4.69, 9.17) is 0 Å². The lowest BCUT2D eigenvalue weighted by Gasteiger charge is -2.21. The molecule has 0 saturated heterocycles. The Hall–Kier alpha value is 0.0500. The smallest absolute Gasteiger partial charge is 0.0270 e. The lowest BCUT2D eigenvalue weighted by molar-refractivity contribution is 0.676. The first-order valence-electron chi connectivity index (χ1n) is 4.24. The van der Waals surface area contributed by atoms with Crippen LogP contribution in [-0.4, -0.2) is 0 Å². The highest BCUT2D eigenvalue weighted by atomic mass is 79.9. The predicted molar refractivity (Wildman–Crippen MR) is 58.8 cm³/mol. The summed E-state index contributed by atoms with van der Waals surface area (Å²) in [5.41, 5.74) is 2.89. The summed E-state index contributed by atoms with van der Waals surface area (Å²) in [6.07, 6.45) is 3.72. The predicted octanol–water partition coefficient (Wildman–Crippen LogP) is 3.76. The summed E-state index contributed by atoms with van der Waals surface area (Å²) in [5, 5.41) is 0.450. The lowest BCUT2D eigenvalue weighted by atomic mass is 9.91. The van der Waals surface area contributed by atoms with E-state index in [1.54, 1.807) is 0 Å². The highest BCUT2D eigenvalue weighted by Crippen LogP contribution is 2.35. The maximum Gasteiger partial charge on any atom is 0.0270 e. The molecule has 1 aromatic rings. The van der Waals surface area contributed by atoms with Crippen molar-refractivity contribution in [3.63, 3.8) is 0 Å². The van der Waals surface area contributed by atoms with Gasteiger partial charge in [0.1, 0.15) is 0 Å². The van der Waals surface area contributed by atoms with Gasteiger partial charge in [0.15, 0.2) is 0 Å². The summed E-state index contributed by atoms with van der Waals surface area (Å²) in [6, 6.07) is 6.53. The molecule has 0 aromatic heterocycles. The van der Waals surface area contributed by atoms with Gasteiger partial charge in [0.25, 0.3) is 0 Å². The van der Waals surface area contributed by atoms with Crippen LogP contribution in [0, 0.1) is 0 Å². The van der Waals surface area contributed by atoms with Crippen molar-refractivity contribution in [2.45, 2.75) is 24.5 Å². The van der Waals surface area contributed by atoms with Crippen molar-refractivity contribution < 1.29 is 0 Å². The number of hydrogen-bond donors (Lipinski definition) is 1. The van der Waals surface area contributed by atoms with E-state index >= 15 is 0 Å². The summed E-state index contributed by atoms with van der Waals surface area (Å²) < 4.78 is 1.17. The largest absolute Gasteiger partial charge is 0.171 e. The molecule has 0 radical (unpaired) electrons. The minimum atomic E-state index is 0.450. The fourth-order valence-electron chi connectivity index (χ4n) is 1.75. The van der Waals surface area contributed by atoms with Gasteiger partial charge in [0.2, 0.25) is 0 Å². The van der Waals surface area contributed by atoms with Crippen LogP contribution in [0.4, 0.5) is 0 Å². The zero-order valence-electron chi connectivity index (χ0n) is 6.76. The summed E-state index contributed by atoms with van der Waals surface area (Å²) in [6.45, 7) is 0. The molecule has 1 unspecified atom stereocenters. The molecule has 0 saturated carbocycles. The maximum absolute atomic E-state index is 4.57. The van der Waals surface area contributed by atoms with Crippen molar-refractivity contribution >= 4 is 28.6 Å². The van der Waals surface area contributed by atoms with Crippen molar-refractivity contribution in [1.29, 1.82) is 0 Å². The molecule has 0 aliphatic heterocycles. The number of rotatable bonds is 0. The molecule has 0 fully saturated rings. The standard InChI is InChI=1S/C10H11BrS/c11-8-5-4-7-2-1-3-10(12)9(7)6-8/h4-6,10,12H,1-3H2. The Kier molecular flexibility index (Phi) is 2.47. The molecule has 0 heterocycles. The van der Waals surface area contributed by atoms with E-state index < -0.39 is 0 Å². The summed E-state index contributed by atoms with van der Waals surface area (Å²) >= 11 is 8.05. The van der Waals surface area contributed by atoms with E-state index in [9.17, 15) is 0 Å². The number of halogens is 1. The molecule has 1 atom stereocenters. The Balaban J connectivity index is 2.47. The van der Waals surface area contributed by atoms with Crippen molar-refractivity contribution in [2.75, 3.05) is 0 Å². The Morgan fingerprint density at radius 2 is 2.25 bits per heavy atom. The second-order valence-corrected chi connectivity index (χ2v) is 4.79. The van der Waals surface area contributed by atoms with Gasteiger partial charge in [0, 0.05) is 9.72 Å². The van der Waals surface area contributed by atoms with Gasteiger partial charge in [-0.15, -0.1) is 0 Å². The monoisotopic (exact) mass is 242 g/mol. The van der Waals surface area contributed by atoms with Gasteiger partial charge in [0.05, 0.1) is 0 Å². The fourth-order valence-corrected chi connectivity index (χ4v) is 2.55. The first kappa shape index (κ1) is 8.64. The van der Waals surface area contributed by atoms with Crippen LogP contribution in [0.25, 0.3) is 0 Å². The molecule has 64 valence electrons. The molecule has 2 rings (SSSR count). The Morgan fingerprint density at radius 1 is 1.42 bits per heavy atom. The molecule has 12 heavy (non-hydrogen) atoms. The second-order valence-electron chi connectivity index (χ2n) is 3.25. The SMILES string of the molecule is SC1CCCc2ccc(Br)cc21. The van der Waals surface area contributed by atoms with Crippen LogP contribution in [-0.2, 0) is 6.42 Å². The topological polar surface area (TPSA) is 0 Å². The summed E-state index contributed by atoms with van der Waals surface area (Å²) in [7, 11) is 0. The summed E-state index contributed by atoms with van der Waals surface area (Å²) in [5.74, 6) is 0. The summed E-state index contributed by atoms with van der Waals surface area (Å²) in [4.78, 5) is 0. The van der Waals surface area contributed by atoms with Crippen molar-refractivity contribution in [1.82, 2.24) is 0 Å². The van der Waals surface area contributed by atoms with Crippen LogP contribution >= 0.6 is 28.6 Å². The number of fused-ring (bicyclic) bond motifs is 1. The average molecular weight is 243 g/mol. The molecule has 0 amide bonds. The number of hydrogen-bond acceptors (Lipinski definition) is 1. The van der Waals surface area contributed by atoms with E-state index in [-0.39, 0.29) is 0 Å².